The van der Waals surface area contributed by atoms with Crippen molar-refractivity contribution in [1.82, 2.24) is 4.98 Å². The summed E-state index contributed by atoms with van der Waals surface area (Å²) in [6.45, 7) is 0. The molecule has 2 N–H and O–H groups in total. The number of pyridine rings is 1. The zero-order valence-corrected chi connectivity index (χ0v) is 10.7. The van der Waals surface area contributed by atoms with Gasteiger partial charge in [0.25, 0.3) is 0 Å². The van der Waals surface area contributed by atoms with E-state index in [2.05, 4.69) is 20.9 Å². The number of aromatic nitrogens is 1. The standard InChI is InChI=1S/C13H12BrFN2/c14-13-10(2-1-3-11(13)15)12(16)8-9-4-6-17-7-5-9/h1-7,12H,8,16H2. The largest absolute Gasteiger partial charge is 0.324 e. The number of nitrogens with zero attached hydrogens (tertiary/aromatic N) is 1. The van der Waals surface area contributed by atoms with E-state index in [4.69, 9.17) is 5.73 Å². The summed E-state index contributed by atoms with van der Waals surface area (Å²) >= 11 is 3.23. The van der Waals surface area contributed by atoms with Gasteiger partial charge in [0.15, 0.2) is 0 Å². The van der Waals surface area contributed by atoms with E-state index in [0.717, 1.165) is 11.1 Å². The van der Waals surface area contributed by atoms with Crippen molar-refractivity contribution in [2.75, 3.05) is 0 Å². The van der Waals surface area contributed by atoms with E-state index >= 15 is 0 Å². The summed E-state index contributed by atoms with van der Waals surface area (Å²) in [7, 11) is 0. The Morgan fingerprint density at radius 1 is 1.24 bits per heavy atom. The second-order valence-corrected chi connectivity index (χ2v) is 4.60. The molecule has 0 bridgehead atoms. The molecule has 1 aromatic heterocycles. The highest BCUT2D eigenvalue weighted by Gasteiger charge is 2.13. The fraction of sp³-hybridized carbons (Fsp3) is 0.154. The monoisotopic (exact) mass is 294 g/mol. The quantitative estimate of drug-likeness (QED) is 0.944. The van der Waals surface area contributed by atoms with E-state index in [1.807, 2.05) is 18.2 Å². The first-order valence-electron chi connectivity index (χ1n) is 5.27. The van der Waals surface area contributed by atoms with Crippen molar-refractivity contribution in [1.29, 1.82) is 0 Å². The van der Waals surface area contributed by atoms with Gasteiger partial charge in [0, 0.05) is 18.4 Å². The number of rotatable bonds is 3. The lowest BCUT2D eigenvalue weighted by molar-refractivity contribution is 0.610. The fourth-order valence-electron chi connectivity index (χ4n) is 1.69. The number of hydrogen-bond donors (Lipinski definition) is 1. The number of hydrogen-bond acceptors (Lipinski definition) is 2. The molecule has 0 fully saturated rings. The molecular weight excluding hydrogens is 283 g/mol. The first-order chi connectivity index (χ1) is 8.18. The molecule has 4 heteroatoms. The molecule has 0 saturated carbocycles. The molecule has 1 unspecified atom stereocenters. The Labute approximate surface area is 108 Å². The van der Waals surface area contributed by atoms with Crippen molar-refractivity contribution in [3.8, 4) is 0 Å². The minimum absolute atomic E-state index is 0.234. The second kappa shape index (κ2) is 5.38. The van der Waals surface area contributed by atoms with Gasteiger partial charge in [-0.25, -0.2) is 4.39 Å². The van der Waals surface area contributed by atoms with E-state index < -0.39 is 0 Å². The van der Waals surface area contributed by atoms with Crippen LogP contribution in [0.15, 0.2) is 47.2 Å². The van der Waals surface area contributed by atoms with Gasteiger partial charge in [0.05, 0.1) is 4.47 Å². The lowest BCUT2D eigenvalue weighted by Crippen LogP contribution is -2.14. The predicted octanol–water partition coefficient (Wildman–Crippen LogP) is 3.23. The highest BCUT2D eigenvalue weighted by atomic mass is 79.9. The van der Waals surface area contributed by atoms with Crippen molar-refractivity contribution in [2.45, 2.75) is 12.5 Å². The maximum atomic E-state index is 13.4. The van der Waals surface area contributed by atoms with Crippen LogP contribution in [0.25, 0.3) is 0 Å². The summed E-state index contributed by atoms with van der Waals surface area (Å²) < 4.78 is 13.8. The van der Waals surface area contributed by atoms with Crippen LogP contribution in [0.3, 0.4) is 0 Å². The van der Waals surface area contributed by atoms with Gasteiger partial charge >= 0.3 is 0 Å². The molecule has 0 aliphatic carbocycles. The highest BCUT2D eigenvalue weighted by molar-refractivity contribution is 9.10. The van der Waals surface area contributed by atoms with Crippen LogP contribution in [-0.4, -0.2) is 4.98 Å². The van der Waals surface area contributed by atoms with E-state index in [0.29, 0.717) is 10.9 Å². The van der Waals surface area contributed by atoms with Gasteiger partial charge in [-0.2, -0.15) is 0 Å². The van der Waals surface area contributed by atoms with Crippen LogP contribution in [0.1, 0.15) is 17.2 Å². The Morgan fingerprint density at radius 3 is 2.65 bits per heavy atom. The lowest BCUT2D eigenvalue weighted by atomic mass is 10.0. The van der Waals surface area contributed by atoms with Gasteiger partial charge in [-0.15, -0.1) is 0 Å². The normalized spacial score (nSPS) is 12.4. The van der Waals surface area contributed by atoms with Crippen LogP contribution in [0.4, 0.5) is 4.39 Å². The van der Waals surface area contributed by atoms with Crippen molar-refractivity contribution in [3.63, 3.8) is 0 Å². The van der Waals surface area contributed by atoms with Crippen LogP contribution in [0, 0.1) is 5.82 Å². The van der Waals surface area contributed by atoms with Crippen LogP contribution in [0.5, 0.6) is 0 Å². The molecular formula is C13H12BrFN2. The third-order valence-corrected chi connectivity index (χ3v) is 3.42. The molecule has 0 spiro atoms. The Kier molecular flexibility index (Phi) is 3.86. The predicted molar refractivity (Wildman–Crippen MR) is 69.0 cm³/mol. The van der Waals surface area contributed by atoms with Gasteiger partial charge < -0.3 is 5.73 Å². The number of halogens is 2. The summed E-state index contributed by atoms with van der Waals surface area (Å²) in [4.78, 5) is 3.95. The van der Waals surface area contributed by atoms with Crippen molar-refractivity contribution >= 4 is 15.9 Å². The first kappa shape index (κ1) is 12.2. The van der Waals surface area contributed by atoms with Gasteiger partial charge in [-0.05, 0) is 51.7 Å². The molecule has 0 radical (unpaired) electrons. The summed E-state index contributed by atoms with van der Waals surface area (Å²) in [6, 6.07) is 8.50. The molecule has 2 rings (SSSR count). The average Bonchev–Trinajstić information content (AvgIpc) is 2.34. The molecule has 88 valence electrons. The topological polar surface area (TPSA) is 38.9 Å². The maximum absolute atomic E-state index is 13.4. The Bertz CT molecular complexity index is 502. The molecule has 0 aliphatic rings. The smallest absolute Gasteiger partial charge is 0.137 e. The minimum atomic E-state index is -0.285. The molecule has 1 atom stereocenters. The van der Waals surface area contributed by atoms with Crippen molar-refractivity contribution in [3.05, 3.63) is 64.1 Å². The van der Waals surface area contributed by atoms with Crippen LogP contribution >= 0.6 is 15.9 Å². The third kappa shape index (κ3) is 2.90. The van der Waals surface area contributed by atoms with Crippen LogP contribution < -0.4 is 5.73 Å². The summed E-state index contributed by atoms with van der Waals surface area (Å²) in [6.07, 6.45) is 4.11. The van der Waals surface area contributed by atoms with E-state index in [9.17, 15) is 4.39 Å². The van der Waals surface area contributed by atoms with Gasteiger partial charge in [-0.1, -0.05) is 12.1 Å². The van der Waals surface area contributed by atoms with Crippen LogP contribution in [-0.2, 0) is 6.42 Å². The van der Waals surface area contributed by atoms with Gasteiger partial charge in [-0.3, -0.25) is 4.98 Å². The van der Waals surface area contributed by atoms with E-state index in [-0.39, 0.29) is 11.9 Å². The molecule has 0 amide bonds. The first-order valence-corrected chi connectivity index (χ1v) is 6.06. The summed E-state index contributed by atoms with van der Waals surface area (Å²) in [5.41, 5.74) is 7.95. The molecule has 1 aromatic carbocycles. The molecule has 2 aromatic rings. The highest BCUT2D eigenvalue weighted by Crippen LogP contribution is 2.26. The zero-order chi connectivity index (χ0) is 12.3. The number of nitrogens with two attached hydrogens (primary N) is 1. The van der Waals surface area contributed by atoms with Crippen LogP contribution in [0.2, 0.25) is 0 Å². The molecule has 1 heterocycles. The van der Waals surface area contributed by atoms with E-state index in [1.54, 1.807) is 18.5 Å². The second-order valence-electron chi connectivity index (χ2n) is 3.81. The summed E-state index contributed by atoms with van der Waals surface area (Å²) in [5, 5.41) is 0. The maximum Gasteiger partial charge on any atom is 0.137 e. The van der Waals surface area contributed by atoms with E-state index in [1.165, 1.54) is 6.07 Å². The minimum Gasteiger partial charge on any atom is -0.324 e. The Hall–Kier alpha value is -1.26. The van der Waals surface area contributed by atoms with Gasteiger partial charge in [0.1, 0.15) is 5.82 Å². The average molecular weight is 295 g/mol. The molecule has 0 saturated heterocycles. The van der Waals surface area contributed by atoms with Crippen molar-refractivity contribution in [2.24, 2.45) is 5.73 Å². The molecule has 0 aliphatic heterocycles. The zero-order valence-electron chi connectivity index (χ0n) is 9.11. The third-order valence-electron chi connectivity index (χ3n) is 2.59. The molecule has 17 heavy (non-hydrogen) atoms. The Balaban J connectivity index is 2.20. The Morgan fingerprint density at radius 2 is 1.94 bits per heavy atom. The van der Waals surface area contributed by atoms with Crippen molar-refractivity contribution < 1.29 is 4.39 Å². The SMILES string of the molecule is NC(Cc1ccncc1)c1cccc(F)c1Br. The molecule has 2 nitrogen and oxygen atoms in total. The summed E-state index contributed by atoms with van der Waals surface area (Å²) in [5.74, 6) is -0.285. The fourth-order valence-corrected chi connectivity index (χ4v) is 2.25. The number of benzene rings is 1. The lowest BCUT2D eigenvalue weighted by Gasteiger charge is -2.14. The van der Waals surface area contributed by atoms with Gasteiger partial charge in [0.2, 0.25) is 0 Å².